The largest absolute Gasteiger partial charge is 0.305 e. The third-order valence-corrected chi connectivity index (χ3v) is 5.96. The van der Waals surface area contributed by atoms with Gasteiger partial charge < -0.3 is 4.90 Å². The van der Waals surface area contributed by atoms with Gasteiger partial charge in [-0.2, -0.15) is 0 Å². The second-order valence-electron chi connectivity index (χ2n) is 5.12. The van der Waals surface area contributed by atoms with E-state index < -0.39 is 0 Å². The molecular formula is C16H19NS2. The Labute approximate surface area is 123 Å². The molecule has 1 nitrogen and oxygen atoms in total. The van der Waals surface area contributed by atoms with E-state index in [0.717, 1.165) is 6.54 Å². The highest BCUT2D eigenvalue weighted by molar-refractivity contribution is 7.98. The molecule has 1 aromatic carbocycles. The lowest BCUT2D eigenvalue weighted by atomic mass is 9.95. The van der Waals surface area contributed by atoms with Gasteiger partial charge in [0, 0.05) is 34.2 Å². The Balaban J connectivity index is 2.06. The average Bonchev–Trinajstić information content (AvgIpc) is 2.78. The molecule has 1 aromatic heterocycles. The first-order valence-corrected chi connectivity index (χ1v) is 8.77. The number of rotatable bonds is 2. The minimum Gasteiger partial charge on any atom is -0.305 e. The maximum Gasteiger partial charge on any atom is 0.0314 e. The predicted octanol–water partition coefficient (Wildman–Crippen LogP) is 4.09. The zero-order valence-corrected chi connectivity index (χ0v) is 13.1. The van der Waals surface area contributed by atoms with Crippen molar-refractivity contribution in [1.82, 2.24) is 4.90 Å². The lowest BCUT2D eigenvalue weighted by Gasteiger charge is -2.20. The average molecular weight is 289 g/mol. The van der Waals surface area contributed by atoms with E-state index in [9.17, 15) is 0 Å². The van der Waals surface area contributed by atoms with Crippen LogP contribution in [0.2, 0.25) is 0 Å². The molecule has 0 radical (unpaired) electrons. The van der Waals surface area contributed by atoms with Gasteiger partial charge in [-0.05, 0) is 30.9 Å². The fourth-order valence-corrected chi connectivity index (χ4v) is 4.98. The third-order valence-electron chi connectivity index (χ3n) is 3.86. The summed E-state index contributed by atoms with van der Waals surface area (Å²) in [6, 6.07) is 11.0. The van der Waals surface area contributed by atoms with Crippen molar-refractivity contribution in [3.05, 3.63) is 51.7 Å². The number of fused-ring (bicyclic) bond motifs is 1. The van der Waals surface area contributed by atoms with Crippen molar-refractivity contribution in [2.75, 3.05) is 26.4 Å². The van der Waals surface area contributed by atoms with Crippen LogP contribution in [0, 0.1) is 0 Å². The summed E-state index contributed by atoms with van der Waals surface area (Å²) in [5, 5.41) is 2.34. The van der Waals surface area contributed by atoms with Gasteiger partial charge in [-0.3, -0.25) is 0 Å². The van der Waals surface area contributed by atoms with E-state index in [1.807, 2.05) is 23.1 Å². The highest BCUT2D eigenvalue weighted by atomic mass is 32.2. The molecule has 0 bridgehead atoms. The van der Waals surface area contributed by atoms with E-state index in [2.05, 4.69) is 53.9 Å². The van der Waals surface area contributed by atoms with E-state index in [4.69, 9.17) is 0 Å². The summed E-state index contributed by atoms with van der Waals surface area (Å²) < 4.78 is 0. The molecule has 2 aromatic rings. The van der Waals surface area contributed by atoms with Gasteiger partial charge in [0.2, 0.25) is 0 Å². The molecule has 3 heteroatoms. The zero-order chi connectivity index (χ0) is 13.2. The van der Waals surface area contributed by atoms with Crippen LogP contribution in [0.3, 0.4) is 0 Å². The van der Waals surface area contributed by atoms with Crippen LogP contribution in [0.1, 0.15) is 21.9 Å². The summed E-state index contributed by atoms with van der Waals surface area (Å²) >= 11 is 3.84. The van der Waals surface area contributed by atoms with Gasteiger partial charge in [0.15, 0.2) is 0 Å². The van der Waals surface area contributed by atoms with Crippen molar-refractivity contribution in [3.8, 4) is 0 Å². The molecule has 1 unspecified atom stereocenters. The topological polar surface area (TPSA) is 3.24 Å². The van der Waals surface area contributed by atoms with Crippen molar-refractivity contribution in [2.45, 2.75) is 17.2 Å². The fraction of sp³-hybridized carbons (Fsp3) is 0.375. The van der Waals surface area contributed by atoms with Crippen molar-refractivity contribution in [1.29, 1.82) is 0 Å². The lowest BCUT2D eigenvalue weighted by Crippen LogP contribution is -2.24. The quantitative estimate of drug-likeness (QED) is 0.766. The van der Waals surface area contributed by atoms with E-state index >= 15 is 0 Å². The van der Waals surface area contributed by atoms with Gasteiger partial charge in [0.05, 0.1) is 0 Å². The first kappa shape index (κ1) is 13.2. The molecule has 0 aliphatic carbocycles. The second kappa shape index (κ2) is 5.70. The second-order valence-corrected chi connectivity index (χ2v) is 6.88. The molecule has 0 fully saturated rings. The molecule has 100 valence electrons. The Morgan fingerprint density at radius 1 is 1.26 bits per heavy atom. The number of thioether (sulfide) groups is 1. The summed E-state index contributed by atoms with van der Waals surface area (Å²) in [5.74, 6) is 0.537. The van der Waals surface area contributed by atoms with E-state index in [-0.39, 0.29) is 0 Å². The molecule has 0 N–H and O–H groups in total. The Kier molecular flexibility index (Phi) is 3.96. The first-order chi connectivity index (χ1) is 9.29. The molecule has 19 heavy (non-hydrogen) atoms. The van der Waals surface area contributed by atoms with Gasteiger partial charge in [-0.15, -0.1) is 23.1 Å². The molecule has 2 heterocycles. The summed E-state index contributed by atoms with van der Waals surface area (Å²) in [4.78, 5) is 5.53. The maximum atomic E-state index is 2.47. The van der Waals surface area contributed by atoms with E-state index in [1.165, 1.54) is 23.4 Å². The standard InChI is InChI=1S/C16H19NS2/c1-17-9-8-13-15(18-2)11-19-16(13)14(10-17)12-6-4-3-5-7-12/h3-7,11,14H,8-10H2,1-2H3. The van der Waals surface area contributed by atoms with Gasteiger partial charge in [0.1, 0.15) is 0 Å². The molecule has 0 spiro atoms. The van der Waals surface area contributed by atoms with Crippen LogP contribution < -0.4 is 0 Å². The van der Waals surface area contributed by atoms with Crippen molar-refractivity contribution in [3.63, 3.8) is 0 Å². The zero-order valence-electron chi connectivity index (χ0n) is 11.4. The molecular weight excluding hydrogens is 270 g/mol. The van der Waals surface area contributed by atoms with Gasteiger partial charge in [0.25, 0.3) is 0 Å². The molecule has 0 saturated carbocycles. The molecule has 1 atom stereocenters. The van der Waals surface area contributed by atoms with Crippen molar-refractivity contribution in [2.24, 2.45) is 0 Å². The van der Waals surface area contributed by atoms with Gasteiger partial charge in [-0.1, -0.05) is 30.3 Å². The Morgan fingerprint density at radius 2 is 2.05 bits per heavy atom. The van der Waals surface area contributed by atoms with Crippen LogP contribution in [-0.4, -0.2) is 31.3 Å². The molecule has 0 saturated heterocycles. The van der Waals surface area contributed by atoms with E-state index in [1.54, 1.807) is 10.4 Å². The van der Waals surface area contributed by atoms with Gasteiger partial charge in [-0.25, -0.2) is 0 Å². The van der Waals surface area contributed by atoms with Gasteiger partial charge >= 0.3 is 0 Å². The van der Waals surface area contributed by atoms with Crippen LogP contribution in [0.4, 0.5) is 0 Å². The minimum absolute atomic E-state index is 0.537. The number of hydrogen-bond donors (Lipinski definition) is 0. The van der Waals surface area contributed by atoms with Crippen LogP contribution in [0.5, 0.6) is 0 Å². The smallest absolute Gasteiger partial charge is 0.0314 e. The van der Waals surface area contributed by atoms with E-state index in [0.29, 0.717) is 5.92 Å². The van der Waals surface area contributed by atoms with Crippen LogP contribution >= 0.6 is 23.1 Å². The Hall–Kier alpha value is -0.770. The normalized spacial score (nSPS) is 20.0. The monoisotopic (exact) mass is 289 g/mol. The number of likely N-dealkylation sites (N-methyl/N-ethyl adjacent to an activating group) is 1. The summed E-state index contributed by atoms with van der Waals surface area (Å²) in [7, 11) is 2.24. The molecule has 3 rings (SSSR count). The van der Waals surface area contributed by atoms with Crippen molar-refractivity contribution < 1.29 is 0 Å². The highest BCUT2D eigenvalue weighted by Crippen LogP contribution is 2.39. The van der Waals surface area contributed by atoms with Crippen LogP contribution in [0.25, 0.3) is 0 Å². The third kappa shape index (κ3) is 2.60. The predicted molar refractivity (Wildman–Crippen MR) is 85.6 cm³/mol. The molecule has 1 aliphatic heterocycles. The van der Waals surface area contributed by atoms with Crippen LogP contribution in [0.15, 0.2) is 40.6 Å². The lowest BCUT2D eigenvalue weighted by molar-refractivity contribution is 0.338. The number of thiophene rings is 1. The van der Waals surface area contributed by atoms with Crippen molar-refractivity contribution >= 4 is 23.1 Å². The summed E-state index contributed by atoms with van der Waals surface area (Å²) in [6.07, 6.45) is 3.38. The fourth-order valence-electron chi connectivity index (χ4n) is 2.82. The summed E-state index contributed by atoms with van der Waals surface area (Å²) in [5.41, 5.74) is 3.04. The molecule has 1 aliphatic rings. The maximum absolute atomic E-state index is 2.47. The Bertz CT molecular complexity index is 547. The number of hydrogen-bond acceptors (Lipinski definition) is 3. The highest BCUT2D eigenvalue weighted by Gasteiger charge is 2.25. The first-order valence-electron chi connectivity index (χ1n) is 6.67. The number of benzene rings is 1. The number of nitrogens with zero attached hydrogens (tertiary/aromatic N) is 1. The Morgan fingerprint density at radius 3 is 2.79 bits per heavy atom. The SMILES string of the molecule is CSc1csc2c1CCN(C)CC2c1ccccc1. The summed E-state index contributed by atoms with van der Waals surface area (Å²) in [6.45, 7) is 2.30. The minimum atomic E-state index is 0.537. The molecule has 0 amide bonds. The van der Waals surface area contributed by atoms with Crippen LogP contribution in [-0.2, 0) is 6.42 Å².